The molecular weight excluding hydrogens is 290 g/mol. The highest BCUT2D eigenvalue weighted by molar-refractivity contribution is 6.30. The number of hydrogen-bond acceptors (Lipinski definition) is 4. The van der Waals surface area contributed by atoms with E-state index in [0.717, 1.165) is 11.3 Å². The van der Waals surface area contributed by atoms with Crippen molar-refractivity contribution in [3.05, 3.63) is 53.1 Å². The first kappa shape index (κ1) is 15.5. The van der Waals surface area contributed by atoms with Crippen molar-refractivity contribution in [3.8, 4) is 0 Å². The smallest absolute Gasteiger partial charge is 0.323 e. The third-order valence-electron chi connectivity index (χ3n) is 3.15. The molecule has 0 saturated heterocycles. The quantitative estimate of drug-likeness (QED) is 0.768. The molecule has 0 amide bonds. The van der Waals surface area contributed by atoms with Gasteiger partial charge in [0.2, 0.25) is 0 Å². The molecule has 2 aromatic rings. The lowest BCUT2D eigenvalue weighted by Gasteiger charge is -2.14. The highest BCUT2D eigenvalue weighted by atomic mass is 35.5. The van der Waals surface area contributed by atoms with Crippen LogP contribution in [0.5, 0.6) is 0 Å². The molecular formula is C15H18ClN3O2. The Morgan fingerprint density at radius 2 is 2.19 bits per heavy atom. The zero-order chi connectivity index (χ0) is 15.1. The lowest BCUT2D eigenvalue weighted by atomic mass is 10.1. The standard InChI is InChI=1S/C15H18ClN3O2/c1-17-14(8-13-9-18-10-19-13)15(20)21-7-6-11-2-4-12(16)5-3-11/h2-5,9-10,14,17H,6-8H2,1H3,(H,18,19)/t14-/m0/s1. The summed E-state index contributed by atoms with van der Waals surface area (Å²) in [7, 11) is 1.73. The van der Waals surface area contributed by atoms with Gasteiger partial charge in [0.05, 0.1) is 18.6 Å². The Balaban J connectivity index is 1.78. The van der Waals surface area contributed by atoms with Gasteiger partial charge in [0, 0.05) is 24.1 Å². The number of nitrogens with zero attached hydrogens (tertiary/aromatic N) is 1. The number of nitrogens with one attached hydrogen (secondary N) is 2. The van der Waals surface area contributed by atoms with Crippen molar-refractivity contribution < 1.29 is 9.53 Å². The van der Waals surface area contributed by atoms with E-state index in [9.17, 15) is 4.79 Å². The number of esters is 1. The predicted octanol–water partition coefficient (Wildman–Crippen LogP) is 1.98. The first-order chi connectivity index (χ1) is 10.2. The monoisotopic (exact) mass is 307 g/mol. The summed E-state index contributed by atoms with van der Waals surface area (Å²) < 4.78 is 5.31. The van der Waals surface area contributed by atoms with Gasteiger partial charge in [-0.3, -0.25) is 4.79 Å². The molecule has 0 bridgehead atoms. The van der Waals surface area contributed by atoms with Crippen LogP contribution in [-0.2, 0) is 22.4 Å². The molecule has 1 aromatic heterocycles. The fourth-order valence-electron chi connectivity index (χ4n) is 1.94. The highest BCUT2D eigenvalue weighted by Gasteiger charge is 2.19. The number of H-pyrrole nitrogens is 1. The Bertz CT molecular complexity index is 555. The number of aromatic nitrogens is 2. The largest absolute Gasteiger partial charge is 0.464 e. The molecule has 0 aliphatic carbocycles. The van der Waals surface area contributed by atoms with Crippen LogP contribution >= 0.6 is 11.6 Å². The zero-order valence-corrected chi connectivity index (χ0v) is 12.6. The maximum Gasteiger partial charge on any atom is 0.323 e. The summed E-state index contributed by atoms with van der Waals surface area (Å²) in [5, 5.41) is 3.65. The van der Waals surface area contributed by atoms with Gasteiger partial charge in [-0.1, -0.05) is 23.7 Å². The van der Waals surface area contributed by atoms with E-state index in [4.69, 9.17) is 16.3 Å². The minimum absolute atomic E-state index is 0.269. The summed E-state index contributed by atoms with van der Waals surface area (Å²) in [6, 6.07) is 7.11. The van der Waals surface area contributed by atoms with E-state index in [2.05, 4.69) is 15.3 Å². The summed E-state index contributed by atoms with van der Waals surface area (Å²) in [6.45, 7) is 0.346. The number of carbonyl (C=O) groups excluding carboxylic acids is 1. The van der Waals surface area contributed by atoms with Crippen LogP contribution in [0.15, 0.2) is 36.8 Å². The Labute approximate surface area is 128 Å². The molecule has 0 aliphatic rings. The topological polar surface area (TPSA) is 67.0 Å². The number of imidazole rings is 1. The molecule has 0 spiro atoms. The lowest BCUT2D eigenvalue weighted by molar-refractivity contribution is -0.145. The molecule has 2 rings (SSSR count). The van der Waals surface area contributed by atoms with Gasteiger partial charge in [-0.2, -0.15) is 0 Å². The highest BCUT2D eigenvalue weighted by Crippen LogP contribution is 2.10. The molecule has 2 N–H and O–H groups in total. The molecule has 0 aliphatic heterocycles. The van der Waals surface area contributed by atoms with Crippen LogP contribution in [0.3, 0.4) is 0 Å². The third kappa shape index (κ3) is 4.88. The number of likely N-dealkylation sites (N-methyl/N-ethyl adjacent to an activating group) is 1. The predicted molar refractivity (Wildman–Crippen MR) is 81.3 cm³/mol. The fourth-order valence-corrected chi connectivity index (χ4v) is 2.06. The van der Waals surface area contributed by atoms with Gasteiger partial charge >= 0.3 is 5.97 Å². The number of ether oxygens (including phenoxy) is 1. The van der Waals surface area contributed by atoms with Crippen LogP contribution in [0, 0.1) is 0 Å². The van der Waals surface area contributed by atoms with Gasteiger partial charge in [0.25, 0.3) is 0 Å². The maximum absolute atomic E-state index is 12.0. The van der Waals surface area contributed by atoms with E-state index in [1.807, 2.05) is 24.3 Å². The van der Waals surface area contributed by atoms with E-state index in [1.165, 1.54) is 0 Å². The second kappa shape index (κ2) is 7.81. The second-order valence-electron chi connectivity index (χ2n) is 4.65. The van der Waals surface area contributed by atoms with Gasteiger partial charge in [-0.25, -0.2) is 4.98 Å². The van der Waals surface area contributed by atoms with Crippen molar-refractivity contribution in [2.45, 2.75) is 18.9 Å². The van der Waals surface area contributed by atoms with E-state index >= 15 is 0 Å². The van der Waals surface area contributed by atoms with E-state index in [-0.39, 0.29) is 5.97 Å². The van der Waals surface area contributed by atoms with Crippen molar-refractivity contribution >= 4 is 17.6 Å². The normalized spacial score (nSPS) is 12.1. The molecule has 5 nitrogen and oxygen atoms in total. The summed E-state index contributed by atoms with van der Waals surface area (Å²) in [5.74, 6) is -0.269. The number of hydrogen-bond donors (Lipinski definition) is 2. The van der Waals surface area contributed by atoms with Crippen molar-refractivity contribution in [1.82, 2.24) is 15.3 Å². The number of halogens is 1. The third-order valence-corrected chi connectivity index (χ3v) is 3.40. The first-order valence-electron chi connectivity index (χ1n) is 6.75. The molecule has 21 heavy (non-hydrogen) atoms. The summed E-state index contributed by atoms with van der Waals surface area (Å²) in [4.78, 5) is 19.0. The van der Waals surface area contributed by atoms with Crippen LogP contribution in [0.2, 0.25) is 5.02 Å². The molecule has 1 heterocycles. The molecule has 0 saturated carbocycles. The average molecular weight is 308 g/mol. The Kier molecular flexibility index (Phi) is 5.78. The SMILES string of the molecule is CN[C@@H](Cc1c[nH]cn1)C(=O)OCCc1ccc(Cl)cc1. The molecule has 112 valence electrons. The number of carbonyl (C=O) groups is 1. The van der Waals surface area contributed by atoms with Crippen molar-refractivity contribution in [2.75, 3.05) is 13.7 Å². The summed E-state index contributed by atoms with van der Waals surface area (Å²) >= 11 is 5.82. The van der Waals surface area contributed by atoms with Crippen LogP contribution in [-0.4, -0.2) is 35.6 Å². The van der Waals surface area contributed by atoms with Gasteiger partial charge in [-0.15, -0.1) is 0 Å². The lowest BCUT2D eigenvalue weighted by Crippen LogP contribution is -2.37. The second-order valence-corrected chi connectivity index (χ2v) is 5.09. The molecule has 0 radical (unpaired) electrons. The molecule has 1 atom stereocenters. The summed E-state index contributed by atoms with van der Waals surface area (Å²) in [6.07, 6.45) is 4.53. The van der Waals surface area contributed by atoms with Crippen molar-refractivity contribution in [1.29, 1.82) is 0 Å². The number of aromatic amines is 1. The van der Waals surface area contributed by atoms with Gasteiger partial charge in [-0.05, 0) is 24.7 Å². The fraction of sp³-hybridized carbons (Fsp3) is 0.333. The van der Waals surface area contributed by atoms with E-state index in [0.29, 0.717) is 24.5 Å². The molecule has 0 fully saturated rings. The number of benzene rings is 1. The Hall–Kier alpha value is -1.85. The maximum atomic E-state index is 12.0. The van der Waals surface area contributed by atoms with Crippen LogP contribution in [0.4, 0.5) is 0 Å². The summed E-state index contributed by atoms with van der Waals surface area (Å²) in [5.41, 5.74) is 1.91. The van der Waals surface area contributed by atoms with E-state index in [1.54, 1.807) is 19.6 Å². The molecule has 0 unspecified atom stereocenters. The van der Waals surface area contributed by atoms with Crippen molar-refractivity contribution in [2.24, 2.45) is 0 Å². The van der Waals surface area contributed by atoms with Crippen molar-refractivity contribution in [3.63, 3.8) is 0 Å². The number of rotatable bonds is 7. The first-order valence-corrected chi connectivity index (χ1v) is 7.13. The molecule has 1 aromatic carbocycles. The average Bonchev–Trinajstić information content (AvgIpc) is 2.99. The minimum atomic E-state index is -0.390. The Morgan fingerprint density at radius 1 is 1.43 bits per heavy atom. The van der Waals surface area contributed by atoms with Crippen LogP contribution in [0.25, 0.3) is 0 Å². The van der Waals surface area contributed by atoms with Crippen LogP contribution in [0.1, 0.15) is 11.3 Å². The van der Waals surface area contributed by atoms with Crippen LogP contribution < -0.4 is 5.32 Å². The van der Waals surface area contributed by atoms with Gasteiger partial charge in [0.1, 0.15) is 6.04 Å². The van der Waals surface area contributed by atoms with Gasteiger partial charge < -0.3 is 15.0 Å². The molecule has 6 heteroatoms. The minimum Gasteiger partial charge on any atom is -0.464 e. The Morgan fingerprint density at radius 3 is 2.81 bits per heavy atom. The van der Waals surface area contributed by atoms with E-state index < -0.39 is 6.04 Å². The zero-order valence-electron chi connectivity index (χ0n) is 11.8. The van der Waals surface area contributed by atoms with Gasteiger partial charge in [0.15, 0.2) is 0 Å².